The van der Waals surface area contributed by atoms with Gasteiger partial charge in [-0.05, 0) is 24.3 Å². The molecule has 0 spiro atoms. The van der Waals surface area contributed by atoms with E-state index < -0.39 is 31.2 Å². The molecule has 0 amide bonds. The fourth-order valence-corrected chi connectivity index (χ4v) is 3.47. The quantitative estimate of drug-likeness (QED) is 0.636. The number of benzene rings is 2. The third kappa shape index (κ3) is 3.37. The molecule has 0 N–H and O–H groups in total. The van der Waals surface area contributed by atoms with E-state index in [-0.39, 0.29) is 16.3 Å². The number of nitro groups is 1. The van der Waals surface area contributed by atoms with E-state index in [1.807, 2.05) is 0 Å². The molecule has 0 aliphatic rings. The van der Waals surface area contributed by atoms with E-state index in [0.29, 0.717) is 0 Å². The molecule has 110 valence electrons. The predicted octanol–water partition coefficient (Wildman–Crippen LogP) is 3.36. The van der Waals surface area contributed by atoms with Gasteiger partial charge in [-0.3, -0.25) is 10.1 Å². The molecule has 0 radical (unpaired) electrons. The van der Waals surface area contributed by atoms with Crippen molar-refractivity contribution in [1.29, 1.82) is 0 Å². The molecule has 0 fully saturated rings. The van der Waals surface area contributed by atoms with Crippen molar-refractivity contribution in [3.05, 3.63) is 69.0 Å². The number of hydrogen-bond donors (Lipinski definition) is 0. The number of nitro benzene ring substituents is 1. The molecule has 0 bridgehead atoms. The molecule has 0 saturated heterocycles. The molecule has 0 saturated carbocycles. The fourth-order valence-electron chi connectivity index (χ4n) is 1.83. The number of rotatable bonds is 4. The van der Waals surface area contributed by atoms with Gasteiger partial charge >= 0.3 is 0 Å². The summed E-state index contributed by atoms with van der Waals surface area (Å²) in [6.45, 7) is 0. The van der Waals surface area contributed by atoms with Gasteiger partial charge in [-0.15, -0.1) is 0 Å². The van der Waals surface area contributed by atoms with E-state index >= 15 is 0 Å². The summed E-state index contributed by atoms with van der Waals surface area (Å²) < 4.78 is 38.0. The zero-order valence-electron chi connectivity index (χ0n) is 10.5. The van der Waals surface area contributed by atoms with Gasteiger partial charge < -0.3 is 0 Å². The summed E-state index contributed by atoms with van der Waals surface area (Å²) >= 11 is 5.74. The SMILES string of the molecule is O=[N+]([O-])c1ccc(Cl)cc1CS(=O)(=O)c1ccccc1F. The van der Waals surface area contributed by atoms with Gasteiger partial charge in [-0.1, -0.05) is 23.7 Å². The Kier molecular flexibility index (Phi) is 4.24. The topological polar surface area (TPSA) is 77.3 Å². The van der Waals surface area contributed by atoms with Crippen molar-refractivity contribution in [1.82, 2.24) is 0 Å². The lowest BCUT2D eigenvalue weighted by molar-refractivity contribution is -0.385. The first-order valence-electron chi connectivity index (χ1n) is 5.71. The molecule has 0 unspecified atom stereocenters. The highest BCUT2D eigenvalue weighted by molar-refractivity contribution is 7.90. The molecule has 0 atom stereocenters. The van der Waals surface area contributed by atoms with Crippen LogP contribution in [0.2, 0.25) is 5.02 Å². The monoisotopic (exact) mass is 329 g/mol. The smallest absolute Gasteiger partial charge is 0.258 e. The summed E-state index contributed by atoms with van der Waals surface area (Å²) in [7, 11) is -4.05. The summed E-state index contributed by atoms with van der Waals surface area (Å²) in [5.41, 5.74) is -0.463. The van der Waals surface area contributed by atoms with E-state index in [9.17, 15) is 22.9 Å². The van der Waals surface area contributed by atoms with Gasteiger partial charge in [0.1, 0.15) is 10.7 Å². The van der Waals surface area contributed by atoms with Crippen LogP contribution in [0.4, 0.5) is 10.1 Å². The van der Waals surface area contributed by atoms with Crippen LogP contribution in [0.15, 0.2) is 47.4 Å². The van der Waals surface area contributed by atoms with E-state index in [1.165, 1.54) is 24.3 Å². The van der Waals surface area contributed by atoms with Gasteiger partial charge in [0.25, 0.3) is 5.69 Å². The molecular weight excluding hydrogens is 321 g/mol. The lowest BCUT2D eigenvalue weighted by atomic mass is 10.2. The maximum atomic E-state index is 13.6. The highest BCUT2D eigenvalue weighted by atomic mass is 35.5. The molecule has 8 heteroatoms. The Bertz CT molecular complexity index is 808. The van der Waals surface area contributed by atoms with Crippen LogP contribution in [-0.2, 0) is 15.6 Å². The van der Waals surface area contributed by atoms with Gasteiger partial charge in [0.05, 0.1) is 10.7 Å². The Labute approximate surface area is 125 Å². The lowest BCUT2D eigenvalue weighted by Crippen LogP contribution is -2.08. The van der Waals surface area contributed by atoms with Crippen molar-refractivity contribution in [3.63, 3.8) is 0 Å². The van der Waals surface area contributed by atoms with Crippen molar-refractivity contribution >= 4 is 27.1 Å². The van der Waals surface area contributed by atoms with Gasteiger partial charge in [0, 0.05) is 16.7 Å². The summed E-state index contributed by atoms with van der Waals surface area (Å²) in [6, 6.07) is 8.46. The number of hydrogen-bond acceptors (Lipinski definition) is 4. The van der Waals surface area contributed by atoms with Crippen LogP contribution in [0.5, 0.6) is 0 Å². The third-order valence-electron chi connectivity index (χ3n) is 2.76. The predicted molar refractivity (Wildman–Crippen MR) is 75.4 cm³/mol. The van der Waals surface area contributed by atoms with Crippen LogP contribution in [0.3, 0.4) is 0 Å². The first kappa shape index (κ1) is 15.4. The van der Waals surface area contributed by atoms with E-state index in [0.717, 1.165) is 18.2 Å². The Hall–Kier alpha value is -1.99. The molecule has 2 aromatic carbocycles. The maximum absolute atomic E-state index is 13.6. The molecule has 21 heavy (non-hydrogen) atoms. The van der Waals surface area contributed by atoms with Crippen LogP contribution >= 0.6 is 11.6 Å². The van der Waals surface area contributed by atoms with Crippen LogP contribution in [0.1, 0.15) is 5.56 Å². The van der Waals surface area contributed by atoms with Crippen LogP contribution in [-0.4, -0.2) is 13.3 Å². The first-order valence-corrected chi connectivity index (χ1v) is 7.74. The molecule has 2 rings (SSSR count). The minimum atomic E-state index is -4.05. The standard InChI is InChI=1S/C13H9ClFNO4S/c14-10-5-6-12(16(17)18)9(7-10)8-21(19,20)13-4-2-1-3-11(13)15/h1-7H,8H2. The van der Waals surface area contributed by atoms with Crippen molar-refractivity contribution in [3.8, 4) is 0 Å². The van der Waals surface area contributed by atoms with Crippen molar-refractivity contribution < 1.29 is 17.7 Å². The Morgan fingerprint density at radius 1 is 1.19 bits per heavy atom. The normalized spacial score (nSPS) is 11.3. The third-order valence-corrected chi connectivity index (χ3v) is 4.68. The second-order valence-electron chi connectivity index (χ2n) is 4.22. The Morgan fingerprint density at radius 2 is 1.86 bits per heavy atom. The zero-order chi connectivity index (χ0) is 15.6. The average molecular weight is 330 g/mol. The summed E-state index contributed by atoms with van der Waals surface area (Å²) in [6.07, 6.45) is 0. The van der Waals surface area contributed by atoms with Gasteiger partial charge in [0.15, 0.2) is 9.84 Å². The average Bonchev–Trinajstić information content (AvgIpc) is 2.38. The lowest BCUT2D eigenvalue weighted by Gasteiger charge is -2.07. The van der Waals surface area contributed by atoms with Crippen molar-refractivity contribution in [2.75, 3.05) is 0 Å². The van der Waals surface area contributed by atoms with Crippen LogP contribution in [0, 0.1) is 15.9 Å². The fraction of sp³-hybridized carbons (Fsp3) is 0.0769. The zero-order valence-corrected chi connectivity index (χ0v) is 12.1. The minimum Gasteiger partial charge on any atom is -0.258 e. The molecule has 5 nitrogen and oxygen atoms in total. The highest BCUT2D eigenvalue weighted by Crippen LogP contribution is 2.27. The van der Waals surface area contributed by atoms with Gasteiger partial charge in [-0.2, -0.15) is 0 Å². The molecular formula is C13H9ClFNO4S. The molecule has 0 aromatic heterocycles. The number of sulfone groups is 1. The Morgan fingerprint density at radius 3 is 2.48 bits per heavy atom. The summed E-state index contributed by atoms with van der Waals surface area (Å²) in [4.78, 5) is 9.71. The van der Waals surface area contributed by atoms with Crippen molar-refractivity contribution in [2.24, 2.45) is 0 Å². The summed E-state index contributed by atoms with van der Waals surface area (Å²) in [5, 5.41) is 11.1. The molecule has 0 aliphatic heterocycles. The largest absolute Gasteiger partial charge is 0.273 e. The van der Waals surface area contributed by atoms with E-state index in [1.54, 1.807) is 0 Å². The first-order chi connectivity index (χ1) is 9.81. The molecule has 0 aliphatic carbocycles. The van der Waals surface area contributed by atoms with Crippen LogP contribution < -0.4 is 0 Å². The van der Waals surface area contributed by atoms with Crippen molar-refractivity contribution in [2.45, 2.75) is 10.6 Å². The number of halogens is 2. The van der Waals surface area contributed by atoms with Gasteiger partial charge in [-0.25, -0.2) is 12.8 Å². The van der Waals surface area contributed by atoms with E-state index in [2.05, 4.69) is 0 Å². The minimum absolute atomic E-state index is 0.0873. The van der Waals surface area contributed by atoms with Gasteiger partial charge in [0.2, 0.25) is 0 Å². The highest BCUT2D eigenvalue weighted by Gasteiger charge is 2.24. The summed E-state index contributed by atoms with van der Waals surface area (Å²) in [5.74, 6) is -1.60. The van der Waals surface area contributed by atoms with Crippen LogP contribution in [0.25, 0.3) is 0 Å². The molecule has 0 heterocycles. The Balaban J connectivity index is 2.49. The second kappa shape index (κ2) is 5.79. The molecule has 2 aromatic rings. The second-order valence-corrected chi connectivity index (χ2v) is 6.61. The van der Waals surface area contributed by atoms with E-state index in [4.69, 9.17) is 11.6 Å². The number of nitrogens with zero attached hydrogens (tertiary/aromatic N) is 1. The maximum Gasteiger partial charge on any atom is 0.273 e.